The third-order valence-corrected chi connectivity index (χ3v) is 5.13. The van der Waals surface area contributed by atoms with E-state index in [-0.39, 0.29) is 18.7 Å². The van der Waals surface area contributed by atoms with E-state index in [1.807, 2.05) is 36.4 Å². The Kier molecular flexibility index (Phi) is 5.02. The highest BCUT2D eigenvalue weighted by Crippen LogP contribution is 2.26. The number of rotatable bonds is 7. The van der Waals surface area contributed by atoms with E-state index in [1.54, 1.807) is 6.20 Å². The van der Waals surface area contributed by atoms with Crippen LogP contribution in [0.5, 0.6) is 5.75 Å². The standard InChI is InChI=1S/C22H22N2O4/c25-21(8-6-14-5-7-20-15(11-14)9-10-28-20)24-19(22(26)27)12-16-13-23-18-4-2-1-3-17(16)18/h1-5,7,11,13,19,23H,6,8-10,12H2,(H,24,25)(H,26,27). The number of aromatic amines is 1. The zero-order valence-corrected chi connectivity index (χ0v) is 15.4. The number of aromatic nitrogens is 1. The summed E-state index contributed by atoms with van der Waals surface area (Å²) in [5, 5.41) is 13.2. The molecule has 6 nitrogen and oxygen atoms in total. The van der Waals surface area contributed by atoms with Crippen molar-refractivity contribution in [2.24, 2.45) is 0 Å². The molecule has 2 aromatic carbocycles. The van der Waals surface area contributed by atoms with Gasteiger partial charge >= 0.3 is 5.97 Å². The summed E-state index contributed by atoms with van der Waals surface area (Å²) in [5.74, 6) is -0.379. The van der Waals surface area contributed by atoms with Gasteiger partial charge in [0.15, 0.2) is 0 Å². The molecule has 1 aromatic heterocycles. The number of para-hydroxylation sites is 1. The van der Waals surface area contributed by atoms with Crippen LogP contribution in [0.25, 0.3) is 10.9 Å². The lowest BCUT2D eigenvalue weighted by molar-refractivity contribution is -0.141. The molecule has 6 heteroatoms. The van der Waals surface area contributed by atoms with E-state index in [2.05, 4.69) is 16.4 Å². The SMILES string of the molecule is O=C(CCc1ccc2c(c1)CCO2)NC(Cc1c[nH]c2ccccc12)C(=O)O. The molecular weight excluding hydrogens is 356 g/mol. The lowest BCUT2D eigenvalue weighted by atomic mass is 10.0. The average molecular weight is 378 g/mol. The van der Waals surface area contributed by atoms with Gasteiger partial charge in [-0.15, -0.1) is 0 Å². The van der Waals surface area contributed by atoms with Gasteiger partial charge in [-0.2, -0.15) is 0 Å². The quantitative estimate of drug-likeness (QED) is 0.590. The first-order valence-electron chi connectivity index (χ1n) is 9.42. The lowest BCUT2D eigenvalue weighted by Crippen LogP contribution is -2.42. The highest BCUT2D eigenvalue weighted by Gasteiger charge is 2.22. The fraction of sp³-hybridized carbons (Fsp3) is 0.273. The van der Waals surface area contributed by atoms with Gasteiger partial charge < -0.3 is 20.1 Å². The minimum absolute atomic E-state index is 0.237. The average Bonchev–Trinajstić information content (AvgIpc) is 3.32. The molecule has 0 bridgehead atoms. The summed E-state index contributed by atoms with van der Waals surface area (Å²) in [6.45, 7) is 0.702. The van der Waals surface area contributed by atoms with Crippen LogP contribution in [0.4, 0.5) is 0 Å². The number of hydrogen-bond acceptors (Lipinski definition) is 3. The largest absolute Gasteiger partial charge is 0.493 e. The van der Waals surface area contributed by atoms with Crippen molar-refractivity contribution in [3.63, 3.8) is 0 Å². The Hall–Kier alpha value is -3.28. The molecule has 4 rings (SSSR count). The smallest absolute Gasteiger partial charge is 0.326 e. The summed E-state index contributed by atoms with van der Waals surface area (Å²) in [4.78, 5) is 27.1. The first-order chi connectivity index (χ1) is 13.6. The molecule has 3 N–H and O–H groups in total. The monoisotopic (exact) mass is 378 g/mol. The molecule has 0 spiro atoms. The summed E-state index contributed by atoms with van der Waals surface area (Å²) >= 11 is 0. The van der Waals surface area contributed by atoms with Crippen LogP contribution in [0, 0.1) is 0 Å². The fourth-order valence-electron chi connectivity index (χ4n) is 3.64. The van der Waals surface area contributed by atoms with Crippen molar-refractivity contribution < 1.29 is 19.4 Å². The van der Waals surface area contributed by atoms with Gasteiger partial charge in [0.25, 0.3) is 0 Å². The number of carboxylic acid groups (broad SMARTS) is 1. The first-order valence-corrected chi connectivity index (χ1v) is 9.42. The number of hydrogen-bond donors (Lipinski definition) is 3. The second-order valence-corrected chi connectivity index (χ2v) is 7.06. The van der Waals surface area contributed by atoms with Crippen LogP contribution in [-0.4, -0.2) is 34.6 Å². The number of carboxylic acids is 1. The fourth-order valence-corrected chi connectivity index (χ4v) is 3.64. The van der Waals surface area contributed by atoms with E-state index in [0.717, 1.165) is 34.2 Å². The van der Waals surface area contributed by atoms with Crippen molar-refractivity contribution in [2.45, 2.75) is 31.7 Å². The van der Waals surface area contributed by atoms with Gasteiger partial charge in [-0.05, 0) is 35.2 Å². The maximum absolute atomic E-state index is 12.4. The zero-order chi connectivity index (χ0) is 19.5. The van der Waals surface area contributed by atoms with Gasteiger partial charge in [0.2, 0.25) is 5.91 Å². The number of aryl methyl sites for hydroxylation is 1. The Balaban J connectivity index is 1.37. The van der Waals surface area contributed by atoms with E-state index in [4.69, 9.17) is 4.74 Å². The van der Waals surface area contributed by atoms with Crippen molar-refractivity contribution in [1.82, 2.24) is 10.3 Å². The summed E-state index contributed by atoms with van der Waals surface area (Å²) in [5.41, 5.74) is 4.05. The molecule has 0 aliphatic carbocycles. The van der Waals surface area contributed by atoms with Gasteiger partial charge in [0.05, 0.1) is 6.61 Å². The molecule has 0 saturated heterocycles. The normalized spacial score (nSPS) is 13.7. The molecular formula is C22H22N2O4. The highest BCUT2D eigenvalue weighted by atomic mass is 16.5. The summed E-state index contributed by atoms with van der Waals surface area (Å²) in [7, 11) is 0. The van der Waals surface area contributed by atoms with E-state index in [9.17, 15) is 14.7 Å². The number of amides is 1. The van der Waals surface area contributed by atoms with Gasteiger partial charge in [0.1, 0.15) is 11.8 Å². The summed E-state index contributed by atoms with van der Waals surface area (Å²) in [6.07, 6.45) is 3.75. The molecule has 0 fully saturated rings. The summed E-state index contributed by atoms with van der Waals surface area (Å²) in [6, 6.07) is 12.7. The molecule has 0 radical (unpaired) electrons. The maximum Gasteiger partial charge on any atom is 0.326 e. The molecule has 1 aliphatic rings. The van der Waals surface area contributed by atoms with Crippen LogP contribution in [0.15, 0.2) is 48.7 Å². The van der Waals surface area contributed by atoms with E-state index in [1.165, 1.54) is 5.56 Å². The van der Waals surface area contributed by atoms with Crippen LogP contribution < -0.4 is 10.1 Å². The van der Waals surface area contributed by atoms with Gasteiger partial charge in [-0.1, -0.05) is 30.3 Å². The van der Waals surface area contributed by atoms with Crippen molar-refractivity contribution >= 4 is 22.8 Å². The Labute approximate surface area is 162 Å². The van der Waals surface area contributed by atoms with Crippen LogP contribution in [0.1, 0.15) is 23.1 Å². The molecule has 1 amide bonds. The van der Waals surface area contributed by atoms with Crippen LogP contribution in [0.2, 0.25) is 0 Å². The number of aliphatic carboxylic acids is 1. The predicted octanol–water partition coefficient (Wildman–Crippen LogP) is 2.85. The number of fused-ring (bicyclic) bond motifs is 2. The van der Waals surface area contributed by atoms with Crippen LogP contribution in [0.3, 0.4) is 0 Å². The van der Waals surface area contributed by atoms with Crippen LogP contribution in [-0.2, 0) is 28.9 Å². The minimum atomic E-state index is -1.03. The van der Waals surface area contributed by atoms with E-state index in [0.29, 0.717) is 13.0 Å². The molecule has 28 heavy (non-hydrogen) atoms. The van der Waals surface area contributed by atoms with Crippen molar-refractivity contribution in [2.75, 3.05) is 6.61 Å². The Morgan fingerprint density at radius 3 is 2.93 bits per heavy atom. The third-order valence-electron chi connectivity index (χ3n) is 5.13. The zero-order valence-electron chi connectivity index (χ0n) is 15.4. The number of carbonyl (C=O) groups is 2. The Morgan fingerprint density at radius 2 is 2.07 bits per heavy atom. The second kappa shape index (κ2) is 7.76. The lowest BCUT2D eigenvalue weighted by Gasteiger charge is -2.14. The van der Waals surface area contributed by atoms with Gasteiger partial charge in [-0.25, -0.2) is 4.79 Å². The molecule has 1 atom stereocenters. The Bertz CT molecular complexity index is 1020. The maximum atomic E-state index is 12.4. The van der Waals surface area contributed by atoms with E-state index >= 15 is 0 Å². The van der Waals surface area contributed by atoms with E-state index < -0.39 is 12.0 Å². The first kappa shape index (κ1) is 18.1. The molecule has 1 unspecified atom stereocenters. The number of benzene rings is 2. The molecule has 3 aromatic rings. The predicted molar refractivity (Wildman–Crippen MR) is 106 cm³/mol. The molecule has 0 saturated carbocycles. The van der Waals surface area contributed by atoms with Crippen molar-refractivity contribution in [1.29, 1.82) is 0 Å². The third kappa shape index (κ3) is 3.86. The van der Waals surface area contributed by atoms with Crippen LogP contribution >= 0.6 is 0 Å². The minimum Gasteiger partial charge on any atom is -0.493 e. The molecule has 2 heterocycles. The number of nitrogens with one attached hydrogen (secondary N) is 2. The Morgan fingerprint density at radius 1 is 1.21 bits per heavy atom. The second-order valence-electron chi connectivity index (χ2n) is 7.06. The number of ether oxygens (including phenoxy) is 1. The highest BCUT2D eigenvalue weighted by molar-refractivity contribution is 5.86. The molecule has 1 aliphatic heterocycles. The van der Waals surface area contributed by atoms with Crippen molar-refractivity contribution in [3.8, 4) is 5.75 Å². The molecule has 144 valence electrons. The van der Waals surface area contributed by atoms with Crippen molar-refractivity contribution in [3.05, 3.63) is 65.4 Å². The van der Waals surface area contributed by atoms with Gasteiger partial charge in [0, 0.05) is 36.4 Å². The number of carbonyl (C=O) groups excluding carboxylic acids is 1. The summed E-state index contributed by atoms with van der Waals surface area (Å²) < 4.78 is 5.49. The van der Waals surface area contributed by atoms with Gasteiger partial charge in [-0.3, -0.25) is 4.79 Å². The topological polar surface area (TPSA) is 91.4 Å². The number of H-pyrrole nitrogens is 1.